The molecule has 1 saturated heterocycles. The highest BCUT2D eigenvalue weighted by Crippen LogP contribution is 2.39. The van der Waals surface area contributed by atoms with Crippen LogP contribution in [0.3, 0.4) is 0 Å². The lowest BCUT2D eigenvalue weighted by atomic mass is 9.98. The lowest BCUT2D eigenvalue weighted by molar-refractivity contribution is -0.134. The highest BCUT2D eigenvalue weighted by atomic mass is 32.1. The Kier molecular flexibility index (Phi) is 5.19. The summed E-state index contributed by atoms with van der Waals surface area (Å²) in [5.41, 5.74) is 1.32. The van der Waals surface area contributed by atoms with Gasteiger partial charge in [-0.15, -0.1) is 34.0 Å². The number of fused-ring (bicyclic) bond motifs is 1. The number of anilines is 1. The van der Waals surface area contributed by atoms with Gasteiger partial charge in [0.05, 0.1) is 12.6 Å². The average Bonchev–Trinajstić information content (AvgIpc) is 3.50. The number of hydrogen-bond donors (Lipinski definition) is 0. The number of hydrogen-bond acceptors (Lipinski definition) is 7. The van der Waals surface area contributed by atoms with E-state index in [2.05, 4.69) is 48.6 Å². The van der Waals surface area contributed by atoms with E-state index >= 15 is 0 Å². The zero-order chi connectivity index (χ0) is 18.9. The summed E-state index contributed by atoms with van der Waals surface area (Å²) in [5, 5.41) is 7.38. The summed E-state index contributed by atoms with van der Waals surface area (Å²) in [4.78, 5) is 27.1. The minimum Gasteiger partial charge on any atom is -0.346 e. The standard InChI is InChI=1S/C20H22N4OS3/c25-18(14-22-7-9-23(10-8-22)20-21-5-13-28-20)24-6-3-16-15(4-12-27-16)19(24)17-2-1-11-26-17/h1-2,4-5,11-13,19H,3,6-10,14H2. The molecule has 0 aliphatic carbocycles. The average molecular weight is 431 g/mol. The topological polar surface area (TPSA) is 39.7 Å². The monoisotopic (exact) mass is 430 g/mol. The van der Waals surface area contributed by atoms with E-state index in [-0.39, 0.29) is 11.9 Å². The van der Waals surface area contributed by atoms with E-state index < -0.39 is 0 Å². The van der Waals surface area contributed by atoms with Crippen molar-refractivity contribution in [3.63, 3.8) is 0 Å². The second-order valence-electron chi connectivity index (χ2n) is 7.13. The number of rotatable bonds is 4. The molecule has 0 spiro atoms. The maximum absolute atomic E-state index is 13.3. The van der Waals surface area contributed by atoms with E-state index in [9.17, 15) is 4.79 Å². The molecule has 0 N–H and O–H groups in total. The summed E-state index contributed by atoms with van der Waals surface area (Å²) in [6.45, 7) is 5.01. The summed E-state index contributed by atoms with van der Waals surface area (Å²) in [6.07, 6.45) is 2.83. The van der Waals surface area contributed by atoms with Crippen molar-refractivity contribution in [1.29, 1.82) is 0 Å². The highest BCUT2D eigenvalue weighted by Gasteiger charge is 2.34. The maximum atomic E-state index is 13.3. The van der Waals surface area contributed by atoms with Gasteiger partial charge in [-0.05, 0) is 34.9 Å². The number of amides is 1. The Bertz CT molecular complexity index is 913. The first kappa shape index (κ1) is 18.3. The van der Waals surface area contributed by atoms with Gasteiger partial charge in [0.25, 0.3) is 0 Å². The van der Waals surface area contributed by atoms with Crippen molar-refractivity contribution in [2.24, 2.45) is 0 Å². The number of nitrogens with zero attached hydrogens (tertiary/aromatic N) is 4. The van der Waals surface area contributed by atoms with Crippen molar-refractivity contribution in [2.75, 3.05) is 44.2 Å². The molecule has 5 heterocycles. The summed E-state index contributed by atoms with van der Waals surface area (Å²) in [6, 6.07) is 6.53. The zero-order valence-electron chi connectivity index (χ0n) is 15.5. The molecule has 0 saturated carbocycles. The van der Waals surface area contributed by atoms with Crippen molar-refractivity contribution in [1.82, 2.24) is 14.8 Å². The Balaban J connectivity index is 1.27. The van der Waals surface area contributed by atoms with Crippen molar-refractivity contribution >= 4 is 45.0 Å². The molecule has 0 radical (unpaired) electrons. The van der Waals surface area contributed by atoms with Crippen LogP contribution >= 0.6 is 34.0 Å². The minimum absolute atomic E-state index is 0.0825. The molecule has 1 unspecified atom stereocenters. The number of thiazole rings is 1. The van der Waals surface area contributed by atoms with Gasteiger partial charge in [-0.25, -0.2) is 4.98 Å². The third-order valence-electron chi connectivity index (χ3n) is 5.52. The molecular formula is C20H22N4OS3. The first-order valence-corrected chi connectivity index (χ1v) is 12.2. The largest absolute Gasteiger partial charge is 0.346 e. The quantitative estimate of drug-likeness (QED) is 0.635. The third kappa shape index (κ3) is 3.50. The van der Waals surface area contributed by atoms with Gasteiger partial charge in [0.15, 0.2) is 5.13 Å². The van der Waals surface area contributed by atoms with E-state index in [0.29, 0.717) is 6.54 Å². The Morgan fingerprint density at radius 2 is 1.93 bits per heavy atom. The van der Waals surface area contributed by atoms with Crippen LogP contribution in [-0.2, 0) is 11.2 Å². The Morgan fingerprint density at radius 1 is 1.04 bits per heavy atom. The Hall–Kier alpha value is -1.74. The third-order valence-corrected chi connectivity index (χ3v) is 8.27. The molecule has 0 aromatic carbocycles. The Labute approximate surface area is 176 Å². The SMILES string of the molecule is O=C(CN1CCN(c2nccs2)CC1)N1CCc2sccc2C1c1cccs1. The van der Waals surface area contributed by atoms with Gasteiger partial charge in [-0.2, -0.15) is 0 Å². The van der Waals surface area contributed by atoms with Gasteiger partial charge >= 0.3 is 0 Å². The predicted octanol–water partition coefficient (Wildman–Crippen LogP) is 3.56. The lowest BCUT2D eigenvalue weighted by Gasteiger charge is -2.38. The smallest absolute Gasteiger partial charge is 0.237 e. The molecule has 2 aliphatic rings. The van der Waals surface area contributed by atoms with Crippen LogP contribution in [-0.4, -0.2) is 60.0 Å². The molecule has 28 heavy (non-hydrogen) atoms. The van der Waals surface area contributed by atoms with Crippen LogP contribution in [0.25, 0.3) is 0 Å². The van der Waals surface area contributed by atoms with Gasteiger partial charge < -0.3 is 9.80 Å². The highest BCUT2D eigenvalue weighted by molar-refractivity contribution is 7.13. The van der Waals surface area contributed by atoms with Crippen LogP contribution in [0, 0.1) is 0 Å². The van der Waals surface area contributed by atoms with Crippen LogP contribution in [0.4, 0.5) is 5.13 Å². The predicted molar refractivity (Wildman–Crippen MR) is 117 cm³/mol. The molecule has 1 amide bonds. The number of piperazine rings is 1. The van der Waals surface area contributed by atoms with Crippen LogP contribution < -0.4 is 4.90 Å². The van der Waals surface area contributed by atoms with Crippen LogP contribution in [0.2, 0.25) is 0 Å². The normalized spacial score (nSPS) is 20.4. The van der Waals surface area contributed by atoms with Crippen molar-refractivity contribution in [3.8, 4) is 0 Å². The summed E-state index contributed by atoms with van der Waals surface area (Å²) in [5.74, 6) is 0.248. The van der Waals surface area contributed by atoms with Crippen LogP contribution in [0.15, 0.2) is 40.5 Å². The molecular weight excluding hydrogens is 408 g/mol. The van der Waals surface area contributed by atoms with E-state index in [0.717, 1.165) is 44.3 Å². The fourth-order valence-corrected chi connectivity index (χ4v) is 6.55. The van der Waals surface area contributed by atoms with Gasteiger partial charge in [-0.1, -0.05) is 6.07 Å². The number of thiophene rings is 2. The summed E-state index contributed by atoms with van der Waals surface area (Å²) >= 11 is 5.25. The second-order valence-corrected chi connectivity index (χ2v) is 9.99. The van der Waals surface area contributed by atoms with Gasteiger partial charge in [0.1, 0.15) is 0 Å². The number of carbonyl (C=O) groups excluding carboxylic acids is 1. The van der Waals surface area contributed by atoms with Gasteiger partial charge in [0, 0.05) is 54.1 Å². The Morgan fingerprint density at radius 3 is 2.68 bits per heavy atom. The molecule has 1 fully saturated rings. The maximum Gasteiger partial charge on any atom is 0.237 e. The number of aromatic nitrogens is 1. The second kappa shape index (κ2) is 7.94. The van der Waals surface area contributed by atoms with Crippen LogP contribution in [0.5, 0.6) is 0 Å². The fraction of sp³-hybridized carbons (Fsp3) is 0.400. The molecule has 5 nitrogen and oxygen atoms in total. The van der Waals surface area contributed by atoms with E-state index in [1.54, 1.807) is 22.7 Å². The number of carbonyl (C=O) groups is 1. The first-order chi connectivity index (χ1) is 13.8. The van der Waals surface area contributed by atoms with E-state index in [1.807, 2.05) is 22.9 Å². The molecule has 146 valence electrons. The van der Waals surface area contributed by atoms with Crippen molar-refractivity contribution in [2.45, 2.75) is 12.5 Å². The van der Waals surface area contributed by atoms with E-state index in [4.69, 9.17) is 0 Å². The van der Waals surface area contributed by atoms with Gasteiger partial charge in [0.2, 0.25) is 5.91 Å². The molecule has 8 heteroatoms. The lowest BCUT2D eigenvalue weighted by Crippen LogP contribution is -2.51. The minimum atomic E-state index is 0.0825. The van der Waals surface area contributed by atoms with Crippen LogP contribution in [0.1, 0.15) is 21.4 Å². The fourth-order valence-electron chi connectivity index (χ4n) is 4.09. The van der Waals surface area contributed by atoms with Crippen molar-refractivity contribution in [3.05, 3.63) is 55.9 Å². The summed E-state index contributed by atoms with van der Waals surface area (Å²) < 4.78 is 0. The molecule has 2 aliphatic heterocycles. The zero-order valence-corrected chi connectivity index (χ0v) is 17.9. The van der Waals surface area contributed by atoms with Gasteiger partial charge in [-0.3, -0.25) is 9.69 Å². The summed E-state index contributed by atoms with van der Waals surface area (Å²) in [7, 11) is 0. The molecule has 3 aromatic rings. The van der Waals surface area contributed by atoms with Crippen molar-refractivity contribution < 1.29 is 4.79 Å². The molecule has 5 rings (SSSR count). The van der Waals surface area contributed by atoms with E-state index in [1.165, 1.54) is 15.3 Å². The molecule has 1 atom stereocenters. The first-order valence-electron chi connectivity index (χ1n) is 9.55. The molecule has 3 aromatic heterocycles. The molecule has 0 bridgehead atoms.